The number of thioether (sulfide) groups is 1. The molecule has 4 nitrogen and oxygen atoms in total. The molecule has 1 fully saturated rings. The van der Waals surface area contributed by atoms with E-state index in [4.69, 9.17) is 0 Å². The molecular formula is C22H21N3OS. The second kappa shape index (κ2) is 6.57. The third-order valence-corrected chi connectivity index (χ3v) is 6.71. The van der Waals surface area contributed by atoms with Gasteiger partial charge in [0, 0.05) is 47.8 Å². The van der Waals surface area contributed by atoms with Crippen LogP contribution >= 0.6 is 11.8 Å². The lowest BCUT2D eigenvalue weighted by molar-refractivity contribution is 0.0783. The topological polar surface area (TPSA) is 38.1 Å². The van der Waals surface area contributed by atoms with Gasteiger partial charge in [0.25, 0.3) is 5.91 Å². The van der Waals surface area contributed by atoms with Gasteiger partial charge in [0.15, 0.2) is 5.69 Å². The van der Waals surface area contributed by atoms with Crippen molar-refractivity contribution < 1.29 is 4.79 Å². The SMILES string of the molecule is Cn1nc(C(=O)N2CCC(c3ccccc3)C2)c2c1-c1ccccc1SC2. The summed E-state index contributed by atoms with van der Waals surface area (Å²) in [5.74, 6) is 1.30. The van der Waals surface area contributed by atoms with Crippen LogP contribution in [0.3, 0.4) is 0 Å². The Labute approximate surface area is 163 Å². The third kappa shape index (κ3) is 2.77. The molecule has 0 bridgehead atoms. The summed E-state index contributed by atoms with van der Waals surface area (Å²) >= 11 is 1.79. The number of hydrogen-bond acceptors (Lipinski definition) is 3. The zero-order valence-electron chi connectivity index (χ0n) is 15.3. The fourth-order valence-corrected chi connectivity index (χ4v) is 5.31. The van der Waals surface area contributed by atoms with E-state index in [2.05, 4.69) is 47.6 Å². The zero-order valence-corrected chi connectivity index (χ0v) is 16.1. The minimum Gasteiger partial charge on any atom is -0.337 e. The molecule has 0 N–H and O–H groups in total. The van der Waals surface area contributed by atoms with Crippen LogP contribution in [0.4, 0.5) is 0 Å². The lowest BCUT2D eigenvalue weighted by Crippen LogP contribution is -2.29. The zero-order chi connectivity index (χ0) is 18.4. The Morgan fingerprint density at radius 3 is 2.74 bits per heavy atom. The Balaban J connectivity index is 1.45. The van der Waals surface area contributed by atoms with Gasteiger partial charge >= 0.3 is 0 Å². The molecule has 0 radical (unpaired) electrons. The van der Waals surface area contributed by atoms with Gasteiger partial charge in [0.2, 0.25) is 0 Å². The Kier molecular flexibility index (Phi) is 4.05. The molecule has 0 spiro atoms. The van der Waals surface area contributed by atoms with Crippen molar-refractivity contribution in [3.8, 4) is 11.3 Å². The smallest absolute Gasteiger partial charge is 0.274 e. The summed E-state index contributed by atoms with van der Waals surface area (Å²) in [6.07, 6.45) is 1.02. The van der Waals surface area contributed by atoms with Crippen LogP contribution in [-0.4, -0.2) is 33.7 Å². The number of benzene rings is 2. The maximum atomic E-state index is 13.3. The normalized spacial score (nSPS) is 18.3. The predicted molar refractivity (Wildman–Crippen MR) is 108 cm³/mol. The van der Waals surface area contributed by atoms with Crippen molar-refractivity contribution >= 4 is 17.7 Å². The lowest BCUT2D eigenvalue weighted by Gasteiger charge is -2.19. The molecule has 136 valence electrons. The molecule has 3 heterocycles. The maximum Gasteiger partial charge on any atom is 0.274 e. The second-order valence-electron chi connectivity index (χ2n) is 7.23. The van der Waals surface area contributed by atoms with E-state index >= 15 is 0 Å². The van der Waals surface area contributed by atoms with Gasteiger partial charge in [0.1, 0.15) is 0 Å². The summed E-state index contributed by atoms with van der Waals surface area (Å²) < 4.78 is 1.88. The van der Waals surface area contributed by atoms with Crippen LogP contribution in [0.1, 0.15) is 34.0 Å². The molecule has 5 rings (SSSR count). The molecule has 0 saturated carbocycles. The first-order valence-electron chi connectivity index (χ1n) is 9.34. The fraction of sp³-hybridized carbons (Fsp3) is 0.273. The first kappa shape index (κ1) is 16.6. The second-order valence-corrected chi connectivity index (χ2v) is 8.25. The number of fused-ring (bicyclic) bond motifs is 3. The Hall–Kier alpha value is -2.53. The summed E-state index contributed by atoms with van der Waals surface area (Å²) in [5, 5.41) is 4.65. The number of hydrogen-bond donors (Lipinski definition) is 0. The van der Waals surface area contributed by atoms with Crippen molar-refractivity contribution in [1.29, 1.82) is 0 Å². The van der Waals surface area contributed by atoms with E-state index in [0.717, 1.165) is 36.5 Å². The third-order valence-electron chi connectivity index (χ3n) is 5.61. The highest BCUT2D eigenvalue weighted by molar-refractivity contribution is 7.98. The van der Waals surface area contributed by atoms with E-state index in [1.807, 2.05) is 28.8 Å². The Morgan fingerprint density at radius 1 is 1.11 bits per heavy atom. The highest BCUT2D eigenvalue weighted by Gasteiger charge is 2.33. The number of likely N-dealkylation sites (tertiary alicyclic amines) is 1. The van der Waals surface area contributed by atoms with Crippen molar-refractivity contribution in [3.63, 3.8) is 0 Å². The van der Waals surface area contributed by atoms with Gasteiger partial charge in [-0.25, -0.2) is 0 Å². The van der Waals surface area contributed by atoms with Gasteiger partial charge in [-0.1, -0.05) is 48.5 Å². The monoisotopic (exact) mass is 375 g/mol. The fourth-order valence-electron chi connectivity index (χ4n) is 4.24. The van der Waals surface area contributed by atoms with Crippen molar-refractivity contribution in [2.75, 3.05) is 13.1 Å². The Bertz CT molecular complexity index is 1010. The van der Waals surface area contributed by atoms with E-state index in [9.17, 15) is 4.79 Å². The van der Waals surface area contributed by atoms with E-state index < -0.39 is 0 Å². The number of amides is 1. The molecule has 2 aliphatic rings. The summed E-state index contributed by atoms with van der Waals surface area (Å²) in [6, 6.07) is 18.9. The predicted octanol–water partition coefficient (Wildman–Crippen LogP) is 4.32. The van der Waals surface area contributed by atoms with Crippen LogP contribution in [0, 0.1) is 0 Å². The van der Waals surface area contributed by atoms with Crippen molar-refractivity contribution in [1.82, 2.24) is 14.7 Å². The highest BCUT2D eigenvalue weighted by atomic mass is 32.2. The highest BCUT2D eigenvalue weighted by Crippen LogP contribution is 2.42. The number of rotatable bonds is 2. The quantitative estimate of drug-likeness (QED) is 0.669. The van der Waals surface area contributed by atoms with Crippen LogP contribution in [-0.2, 0) is 12.8 Å². The first-order valence-corrected chi connectivity index (χ1v) is 10.3. The molecule has 1 saturated heterocycles. The van der Waals surface area contributed by atoms with E-state index in [-0.39, 0.29) is 5.91 Å². The van der Waals surface area contributed by atoms with E-state index in [1.165, 1.54) is 16.0 Å². The van der Waals surface area contributed by atoms with Gasteiger partial charge < -0.3 is 4.90 Å². The molecule has 0 aliphatic carbocycles. The molecule has 3 aromatic rings. The van der Waals surface area contributed by atoms with E-state index in [1.54, 1.807) is 11.8 Å². The number of carbonyl (C=O) groups excluding carboxylic acids is 1. The van der Waals surface area contributed by atoms with Crippen LogP contribution in [0.25, 0.3) is 11.3 Å². The van der Waals surface area contributed by atoms with Crippen LogP contribution in [0.5, 0.6) is 0 Å². The van der Waals surface area contributed by atoms with Gasteiger partial charge in [-0.15, -0.1) is 11.8 Å². The molecule has 1 amide bonds. The van der Waals surface area contributed by atoms with Gasteiger partial charge in [-0.2, -0.15) is 5.10 Å². The Morgan fingerprint density at radius 2 is 1.89 bits per heavy atom. The minimum absolute atomic E-state index is 0.0743. The average Bonchev–Trinajstić information content (AvgIpc) is 3.33. The van der Waals surface area contributed by atoms with Gasteiger partial charge in [-0.05, 0) is 18.1 Å². The molecule has 2 aromatic carbocycles. The summed E-state index contributed by atoms with van der Waals surface area (Å²) in [6.45, 7) is 1.57. The number of aryl methyl sites for hydroxylation is 1. The first-order chi connectivity index (χ1) is 13.2. The minimum atomic E-state index is 0.0743. The van der Waals surface area contributed by atoms with Gasteiger partial charge in [0.05, 0.1) is 5.69 Å². The lowest BCUT2D eigenvalue weighted by atomic mass is 9.99. The molecule has 5 heteroatoms. The van der Waals surface area contributed by atoms with Crippen molar-refractivity contribution in [3.05, 3.63) is 71.4 Å². The number of nitrogens with zero attached hydrogens (tertiary/aromatic N) is 3. The van der Waals surface area contributed by atoms with Gasteiger partial charge in [-0.3, -0.25) is 9.48 Å². The van der Waals surface area contributed by atoms with Crippen LogP contribution in [0.15, 0.2) is 59.5 Å². The largest absolute Gasteiger partial charge is 0.337 e. The van der Waals surface area contributed by atoms with Crippen molar-refractivity contribution in [2.24, 2.45) is 7.05 Å². The van der Waals surface area contributed by atoms with Crippen LogP contribution in [0.2, 0.25) is 0 Å². The average molecular weight is 375 g/mol. The maximum absolute atomic E-state index is 13.3. The van der Waals surface area contributed by atoms with Crippen molar-refractivity contribution in [2.45, 2.75) is 23.0 Å². The summed E-state index contributed by atoms with van der Waals surface area (Å²) in [4.78, 5) is 16.5. The molecular weight excluding hydrogens is 354 g/mol. The molecule has 1 unspecified atom stereocenters. The van der Waals surface area contributed by atoms with Crippen LogP contribution < -0.4 is 0 Å². The summed E-state index contributed by atoms with van der Waals surface area (Å²) in [5.41, 5.74) is 5.30. The molecule has 2 aliphatic heterocycles. The molecule has 1 aromatic heterocycles. The number of carbonyl (C=O) groups is 1. The molecule has 27 heavy (non-hydrogen) atoms. The van der Waals surface area contributed by atoms with E-state index in [0.29, 0.717) is 11.6 Å². The number of aromatic nitrogens is 2. The standard InChI is InChI=1S/C22H21N3OS/c1-24-21-17-9-5-6-10-19(17)27-14-18(21)20(23-24)22(26)25-12-11-16(13-25)15-7-3-2-4-8-15/h2-10,16H,11-14H2,1H3. The summed E-state index contributed by atoms with van der Waals surface area (Å²) in [7, 11) is 1.94. The molecule has 1 atom stereocenters.